The maximum atomic E-state index is 11.8. The normalized spacial score (nSPS) is 11.2. The predicted molar refractivity (Wildman–Crippen MR) is 126 cm³/mol. The number of hydrogen-bond acceptors (Lipinski definition) is 7. The molecule has 4 rings (SSSR count). The molecule has 0 aliphatic rings. The Hall–Kier alpha value is -4.72. The summed E-state index contributed by atoms with van der Waals surface area (Å²) in [5.74, 6) is 0.446. The summed E-state index contributed by atoms with van der Waals surface area (Å²) in [4.78, 5) is 11.4. The van der Waals surface area contributed by atoms with Gasteiger partial charge in [0.25, 0.3) is 5.69 Å². The molecule has 0 saturated carbocycles. The Morgan fingerprint density at radius 2 is 1.12 bits per heavy atom. The average molecular weight is 437 g/mol. The summed E-state index contributed by atoms with van der Waals surface area (Å²) in [6, 6.07) is 28.4. The van der Waals surface area contributed by atoms with Crippen LogP contribution >= 0.6 is 0 Å². The monoisotopic (exact) mass is 437 g/mol. The van der Waals surface area contributed by atoms with Gasteiger partial charge in [-0.15, -0.1) is 0 Å². The molecule has 0 saturated heterocycles. The summed E-state index contributed by atoms with van der Waals surface area (Å²) in [5, 5.41) is 28.5. The molecule has 162 valence electrons. The standard InChI is InChI=1S/C25H19N5O3/c1-33-25-17-21(29-27-19-10-6-3-7-11-19)13-15-23(25)22-14-12-20(16-24(22)30(31)32)28-26-18-8-4-2-5-9-18/h2-17H,1H3/b28-26+,29-27+. The van der Waals surface area contributed by atoms with Crippen molar-refractivity contribution in [3.8, 4) is 16.9 Å². The third kappa shape index (κ3) is 5.31. The van der Waals surface area contributed by atoms with E-state index in [-0.39, 0.29) is 5.69 Å². The van der Waals surface area contributed by atoms with Gasteiger partial charge in [0.2, 0.25) is 0 Å². The highest BCUT2D eigenvalue weighted by Crippen LogP contribution is 2.40. The highest BCUT2D eigenvalue weighted by Gasteiger charge is 2.19. The maximum Gasteiger partial charge on any atom is 0.279 e. The van der Waals surface area contributed by atoms with E-state index in [9.17, 15) is 10.1 Å². The zero-order valence-electron chi connectivity index (χ0n) is 17.7. The second kappa shape index (κ2) is 10.1. The zero-order chi connectivity index (χ0) is 23.0. The molecule has 0 radical (unpaired) electrons. The van der Waals surface area contributed by atoms with Gasteiger partial charge in [-0.1, -0.05) is 36.4 Å². The van der Waals surface area contributed by atoms with Gasteiger partial charge < -0.3 is 4.74 Å². The molecule has 0 heterocycles. The average Bonchev–Trinajstić information content (AvgIpc) is 2.87. The van der Waals surface area contributed by atoms with Gasteiger partial charge >= 0.3 is 0 Å². The van der Waals surface area contributed by atoms with Crippen LogP contribution in [0.25, 0.3) is 11.1 Å². The van der Waals surface area contributed by atoms with Crippen LogP contribution in [0.15, 0.2) is 118 Å². The van der Waals surface area contributed by atoms with Gasteiger partial charge in [-0.2, -0.15) is 20.5 Å². The number of nitro benzene ring substituents is 1. The predicted octanol–water partition coefficient (Wildman–Crippen LogP) is 8.10. The van der Waals surface area contributed by atoms with E-state index in [2.05, 4.69) is 20.5 Å². The number of methoxy groups -OCH3 is 1. The van der Waals surface area contributed by atoms with Crippen molar-refractivity contribution in [3.63, 3.8) is 0 Å². The fourth-order valence-corrected chi connectivity index (χ4v) is 3.15. The van der Waals surface area contributed by atoms with Crippen LogP contribution < -0.4 is 4.74 Å². The molecular formula is C25H19N5O3. The lowest BCUT2D eigenvalue weighted by atomic mass is 10.0. The Balaban J connectivity index is 1.66. The molecule has 4 aromatic rings. The quantitative estimate of drug-likeness (QED) is 0.166. The molecule has 0 unspecified atom stereocenters. The van der Waals surface area contributed by atoms with Crippen LogP contribution in [0.3, 0.4) is 0 Å². The number of azo groups is 2. The van der Waals surface area contributed by atoms with Crippen LogP contribution in [-0.4, -0.2) is 12.0 Å². The zero-order valence-corrected chi connectivity index (χ0v) is 17.7. The van der Waals surface area contributed by atoms with E-state index < -0.39 is 4.92 Å². The van der Waals surface area contributed by atoms with Crippen LogP contribution in [0.4, 0.5) is 28.4 Å². The molecule has 8 nitrogen and oxygen atoms in total. The van der Waals surface area contributed by atoms with Crippen molar-refractivity contribution in [2.24, 2.45) is 20.5 Å². The van der Waals surface area contributed by atoms with E-state index in [0.29, 0.717) is 33.9 Å². The molecule has 8 heteroatoms. The van der Waals surface area contributed by atoms with Crippen LogP contribution in [-0.2, 0) is 0 Å². The van der Waals surface area contributed by atoms with Crippen LogP contribution in [0.5, 0.6) is 5.75 Å². The first-order valence-corrected chi connectivity index (χ1v) is 10.0. The Morgan fingerprint density at radius 1 is 0.636 bits per heavy atom. The summed E-state index contributed by atoms with van der Waals surface area (Å²) < 4.78 is 5.50. The van der Waals surface area contributed by atoms with E-state index >= 15 is 0 Å². The molecule has 4 aromatic carbocycles. The van der Waals surface area contributed by atoms with Crippen molar-refractivity contribution >= 4 is 28.4 Å². The number of rotatable bonds is 7. The maximum absolute atomic E-state index is 11.8. The van der Waals surface area contributed by atoms with Gasteiger partial charge in [0.1, 0.15) is 5.75 Å². The summed E-state index contributed by atoms with van der Waals surface area (Å²) in [6.07, 6.45) is 0. The Morgan fingerprint density at radius 3 is 1.64 bits per heavy atom. The molecule has 0 aromatic heterocycles. The van der Waals surface area contributed by atoms with Crippen LogP contribution in [0, 0.1) is 10.1 Å². The molecule has 0 aliphatic heterocycles. The van der Waals surface area contributed by atoms with Crippen LogP contribution in [0.2, 0.25) is 0 Å². The molecule has 0 aliphatic carbocycles. The molecule has 0 N–H and O–H groups in total. The fourth-order valence-electron chi connectivity index (χ4n) is 3.15. The number of benzene rings is 4. The van der Waals surface area contributed by atoms with Crippen molar-refractivity contribution in [1.29, 1.82) is 0 Å². The minimum atomic E-state index is -0.445. The molecule has 33 heavy (non-hydrogen) atoms. The van der Waals surface area contributed by atoms with Gasteiger partial charge in [-0.05, 0) is 48.5 Å². The number of nitrogens with zero attached hydrogens (tertiary/aromatic N) is 5. The van der Waals surface area contributed by atoms with Crippen molar-refractivity contribution in [3.05, 3.63) is 107 Å². The molecule has 0 amide bonds. The first-order chi connectivity index (χ1) is 16.1. The highest BCUT2D eigenvalue weighted by molar-refractivity contribution is 5.81. The Kier molecular flexibility index (Phi) is 6.56. The minimum Gasteiger partial charge on any atom is -0.496 e. The van der Waals surface area contributed by atoms with E-state index in [1.807, 2.05) is 48.5 Å². The molecular weight excluding hydrogens is 418 g/mol. The van der Waals surface area contributed by atoms with E-state index in [1.54, 1.807) is 42.5 Å². The first-order valence-electron chi connectivity index (χ1n) is 10.0. The largest absolute Gasteiger partial charge is 0.496 e. The summed E-state index contributed by atoms with van der Waals surface area (Å²) >= 11 is 0. The lowest BCUT2D eigenvalue weighted by Crippen LogP contribution is -1.94. The highest BCUT2D eigenvalue weighted by atomic mass is 16.6. The second-order valence-corrected chi connectivity index (χ2v) is 6.91. The van der Waals surface area contributed by atoms with Crippen molar-refractivity contribution < 1.29 is 9.66 Å². The summed E-state index contributed by atoms with van der Waals surface area (Å²) in [6.45, 7) is 0. The van der Waals surface area contributed by atoms with Gasteiger partial charge in [0.15, 0.2) is 0 Å². The van der Waals surface area contributed by atoms with Gasteiger partial charge in [0.05, 0.1) is 40.3 Å². The Bertz CT molecular complexity index is 1320. The lowest BCUT2D eigenvalue weighted by Gasteiger charge is -2.10. The SMILES string of the molecule is COc1cc(/N=N/c2ccccc2)ccc1-c1ccc(/N=N/c2ccccc2)cc1[N+](=O)[O-]. The van der Waals surface area contributed by atoms with Gasteiger partial charge in [-0.25, -0.2) is 0 Å². The number of hydrogen-bond donors (Lipinski definition) is 0. The third-order valence-electron chi connectivity index (χ3n) is 4.73. The molecule has 0 bridgehead atoms. The van der Waals surface area contributed by atoms with Gasteiger partial charge in [-0.3, -0.25) is 10.1 Å². The molecule has 0 fully saturated rings. The van der Waals surface area contributed by atoms with Crippen molar-refractivity contribution in [2.75, 3.05) is 7.11 Å². The van der Waals surface area contributed by atoms with E-state index in [4.69, 9.17) is 4.74 Å². The van der Waals surface area contributed by atoms with Gasteiger partial charge in [0, 0.05) is 17.7 Å². The lowest BCUT2D eigenvalue weighted by molar-refractivity contribution is -0.384. The molecule has 0 atom stereocenters. The molecule has 0 spiro atoms. The second-order valence-electron chi connectivity index (χ2n) is 6.91. The number of ether oxygens (including phenoxy) is 1. The Labute approximate surface area is 190 Å². The van der Waals surface area contributed by atoms with Crippen LogP contribution in [0.1, 0.15) is 0 Å². The topological polar surface area (TPSA) is 102 Å². The summed E-state index contributed by atoms with van der Waals surface area (Å²) in [5.41, 5.74) is 3.19. The summed E-state index contributed by atoms with van der Waals surface area (Å²) in [7, 11) is 1.51. The number of nitro groups is 1. The first kappa shape index (κ1) is 21.5. The van der Waals surface area contributed by atoms with E-state index in [1.165, 1.54) is 13.2 Å². The third-order valence-corrected chi connectivity index (χ3v) is 4.73. The fraction of sp³-hybridized carbons (Fsp3) is 0.0400. The van der Waals surface area contributed by atoms with Crippen molar-refractivity contribution in [2.45, 2.75) is 0 Å². The van der Waals surface area contributed by atoms with E-state index in [0.717, 1.165) is 5.69 Å². The minimum absolute atomic E-state index is 0.100. The smallest absolute Gasteiger partial charge is 0.279 e. The van der Waals surface area contributed by atoms with Crippen molar-refractivity contribution in [1.82, 2.24) is 0 Å².